The summed E-state index contributed by atoms with van der Waals surface area (Å²) in [5.74, 6) is 0.777. The summed E-state index contributed by atoms with van der Waals surface area (Å²) in [6, 6.07) is 6.73. The molecular weight excluding hydrogens is 481 g/mol. The van der Waals surface area contributed by atoms with E-state index in [0.29, 0.717) is 12.1 Å². The zero-order chi connectivity index (χ0) is 24.4. The third-order valence-electron chi connectivity index (χ3n) is 5.40. The quantitative estimate of drug-likeness (QED) is 0.295. The summed E-state index contributed by atoms with van der Waals surface area (Å²) in [7, 11) is -3.94. The Hall–Kier alpha value is -1.91. The van der Waals surface area contributed by atoms with E-state index in [4.69, 9.17) is 0 Å². The van der Waals surface area contributed by atoms with Crippen LogP contribution in [-0.4, -0.2) is 30.4 Å². The van der Waals surface area contributed by atoms with Gasteiger partial charge in [-0.2, -0.15) is 4.98 Å². The maximum Gasteiger partial charge on any atom is 0.354 e. The number of fused-ring (bicyclic) bond motifs is 1. The van der Waals surface area contributed by atoms with E-state index in [0.717, 1.165) is 38.9 Å². The van der Waals surface area contributed by atoms with Crippen LogP contribution < -0.4 is 10.4 Å². The Bertz CT molecular complexity index is 1240. The van der Waals surface area contributed by atoms with Gasteiger partial charge < -0.3 is 0 Å². The van der Waals surface area contributed by atoms with Crippen molar-refractivity contribution in [2.75, 3.05) is 17.1 Å². The van der Waals surface area contributed by atoms with Crippen molar-refractivity contribution < 1.29 is 12.8 Å². The fourth-order valence-electron chi connectivity index (χ4n) is 3.35. The van der Waals surface area contributed by atoms with E-state index in [2.05, 4.69) is 30.5 Å². The van der Waals surface area contributed by atoms with E-state index in [9.17, 15) is 17.6 Å². The predicted molar refractivity (Wildman–Crippen MR) is 135 cm³/mol. The molecular formula is C23H30FN3O3S3. The largest absolute Gasteiger partial charge is 0.354 e. The van der Waals surface area contributed by atoms with Crippen molar-refractivity contribution in [2.24, 2.45) is 0 Å². The first-order valence-electron chi connectivity index (χ1n) is 10.8. The number of halogens is 1. The molecule has 6 nitrogen and oxygen atoms in total. The normalized spacial score (nSPS) is 12.4. The Morgan fingerprint density at radius 1 is 1.12 bits per heavy atom. The van der Waals surface area contributed by atoms with Gasteiger partial charge in [0.2, 0.25) is 0 Å². The van der Waals surface area contributed by atoms with E-state index >= 15 is 0 Å². The Labute approximate surface area is 203 Å². The number of thioether (sulfide) groups is 1. The smallest absolute Gasteiger partial charge is 0.261 e. The highest BCUT2D eigenvalue weighted by Gasteiger charge is 2.27. The van der Waals surface area contributed by atoms with E-state index in [-0.39, 0.29) is 22.8 Å². The number of rotatable bonds is 9. The summed E-state index contributed by atoms with van der Waals surface area (Å²) in [6.45, 7) is 9.60. The lowest BCUT2D eigenvalue weighted by Crippen LogP contribution is -2.17. The Balaban J connectivity index is 1.96. The molecule has 1 N–H and O–H groups in total. The SMILES string of the molecule is Cc1sc(SCCCCCF)c2c(NS(=O)(=O)c3ccc(C(C)(C)C)cc3)nc(=O)n-2c1C. The molecule has 10 heteroatoms. The van der Waals surface area contributed by atoms with Crippen LogP contribution in [0.3, 0.4) is 0 Å². The molecule has 0 amide bonds. The number of aromatic nitrogens is 2. The van der Waals surface area contributed by atoms with Crippen LogP contribution in [0.1, 0.15) is 56.2 Å². The highest BCUT2D eigenvalue weighted by atomic mass is 32.2. The van der Waals surface area contributed by atoms with Crippen molar-refractivity contribution in [2.45, 2.75) is 68.4 Å². The third kappa shape index (κ3) is 5.78. The average molecular weight is 512 g/mol. The fraction of sp³-hybridized carbons (Fsp3) is 0.478. The number of alkyl halides is 1. The molecule has 0 saturated carbocycles. The molecule has 0 spiro atoms. The lowest BCUT2D eigenvalue weighted by atomic mass is 9.87. The molecule has 0 fully saturated rings. The van der Waals surface area contributed by atoms with Crippen LogP contribution in [0, 0.1) is 13.8 Å². The van der Waals surface area contributed by atoms with Crippen molar-refractivity contribution in [3.63, 3.8) is 0 Å². The number of nitrogens with one attached hydrogen (secondary N) is 1. The summed E-state index contributed by atoms with van der Waals surface area (Å²) >= 11 is 3.04. The minimum Gasteiger partial charge on any atom is -0.261 e. The van der Waals surface area contributed by atoms with Crippen LogP contribution in [0.25, 0.3) is 5.69 Å². The van der Waals surface area contributed by atoms with Crippen LogP contribution in [0.5, 0.6) is 0 Å². The highest BCUT2D eigenvalue weighted by Crippen LogP contribution is 2.39. The summed E-state index contributed by atoms with van der Waals surface area (Å²) < 4.78 is 43.4. The number of hydrogen-bond acceptors (Lipinski definition) is 6. The molecule has 2 heterocycles. The zero-order valence-electron chi connectivity index (χ0n) is 19.6. The van der Waals surface area contributed by atoms with E-state index in [1.165, 1.54) is 27.7 Å². The summed E-state index contributed by atoms with van der Waals surface area (Å²) in [6.07, 6.45) is 2.15. The van der Waals surface area contributed by atoms with Gasteiger partial charge >= 0.3 is 5.69 Å². The fourth-order valence-corrected chi connectivity index (χ4v) is 6.88. The number of sulfonamides is 1. The molecule has 3 rings (SSSR count). The number of nitrogens with zero attached hydrogens (tertiary/aromatic N) is 2. The maximum absolute atomic E-state index is 13.1. The minimum absolute atomic E-state index is 0.0329. The molecule has 2 aliphatic rings. The molecule has 33 heavy (non-hydrogen) atoms. The second-order valence-electron chi connectivity index (χ2n) is 8.94. The van der Waals surface area contributed by atoms with Crippen LogP contribution in [0.2, 0.25) is 0 Å². The van der Waals surface area contributed by atoms with Gasteiger partial charge in [-0.3, -0.25) is 13.7 Å². The highest BCUT2D eigenvalue weighted by molar-refractivity contribution is 8.01. The van der Waals surface area contributed by atoms with Crippen LogP contribution >= 0.6 is 23.1 Å². The average Bonchev–Trinajstić information content (AvgIpc) is 3.06. The molecule has 0 unspecified atom stereocenters. The first-order valence-corrected chi connectivity index (χ1v) is 14.1. The molecule has 0 atom stereocenters. The molecule has 0 aromatic heterocycles. The second-order valence-corrected chi connectivity index (χ2v) is 13.2. The molecule has 0 saturated heterocycles. The molecule has 2 aliphatic heterocycles. The Morgan fingerprint density at radius 2 is 1.79 bits per heavy atom. The summed E-state index contributed by atoms with van der Waals surface area (Å²) in [4.78, 5) is 17.8. The van der Waals surface area contributed by atoms with Crippen molar-refractivity contribution in [1.82, 2.24) is 9.55 Å². The van der Waals surface area contributed by atoms with Crippen molar-refractivity contribution in [1.29, 1.82) is 0 Å². The number of hydrogen-bond donors (Lipinski definition) is 1. The topological polar surface area (TPSA) is 81.1 Å². The first-order chi connectivity index (χ1) is 15.5. The van der Waals surface area contributed by atoms with Gasteiger partial charge in [0, 0.05) is 10.6 Å². The molecule has 0 bridgehead atoms. The Morgan fingerprint density at radius 3 is 2.39 bits per heavy atom. The third-order valence-corrected chi connectivity index (χ3v) is 9.29. The number of anilines is 1. The predicted octanol–water partition coefficient (Wildman–Crippen LogP) is 5.68. The molecule has 0 radical (unpaired) electrons. The minimum atomic E-state index is -3.94. The molecule has 1 aromatic rings. The number of unbranched alkanes of at least 4 members (excludes halogenated alkanes) is 2. The van der Waals surface area contributed by atoms with E-state index in [1.807, 2.05) is 13.8 Å². The number of aryl methyl sites for hydroxylation is 1. The van der Waals surface area contributed by atoms with E-state index in [1.54, 1.807) is 24.3 Å². The van der Waals surface area contributed by atoms with Gasteiger partial charge in [-0.05, 0) is 55.6 Å². The van der Waals surface area contributed by atoms with Crippen LogP contribution in [-0.2, 0) is 15.4 Å². The number of imidazole rings is 1. The standard InChI is InChI=1S/C23H30FN3O3S3/c1-15-16(2)32-21(31-14-8-6-7-13-24)19-20(25-22(28)27(15)19)26-33(29,30)18-11-9-17(10-12-18)23(3,4)5/h9-12H,6-8,13-14H2,1-5H3,(H,25,26,28). The van der Waals surface area contributed by atoms with Crippen molar-refractivity contribution >= 4 is 38.9 Å². The molecule has 0 aliphatic carbocycles. The van der Waals surface area contributed by atoms with Crippen LogP contribution in [0.4, 0.5) is 10.2 Å². The lowest BCUT2D eigenvalue weighted by molar-refractivity contribution is 0.460. The van der Waals surface area contributed by atoms with Crippen molar-refractivity contribution in [3.05, 3.63) is 50.9 Å². The van der Waals surface area contributed by atoms with E-state index < -0.39 is 15.7 Å². The number of benzene rings is 1. The molecule has 180 valence electrons. The van der Waals surface area contributed by atoms with Gasteiger partial charge in [0.25, 0.3) is 10.0 Å². The summed E-state index contributed by atoms with van der Waals surface area (Å²) in [5, 5.41) is 0. The first kappa shape index (κ1) is 25.7. The lowest BCUT2D eigenvalue weighted by Gasteiger charge is -2.19. The van der Waals surface area contributed by atoms with Gasteiger partial charge in [-0.15, -0.1) is 23.1 Å². The van der Waals surface area contributed by atoms with Gasteiger partial charge in [0.05, 0.1) is 15.8 Å². The van der Waals surface area contributed by atoms with Gasteiger partial charge in [-0.25, -0.2) is 13.2 Å². The Kier molecular flexibility index (Phi) is 7.91. The van der Waals surface area contributed by atoms with Crippen molar-refractivity contribution in [3.8, 4) is 5.69 Å². The second kappa shape index (κ2) is 10.1. The van der Waals surface area contributed by atoms with Crippen LogP contribution in [0.15, 0.2) is 38.2 Å². The zero-order valence-corrected chi connectivity index (χ0v) is 22.0. The van der Waals surface area contributed by atoms with Gasteiger partial charge in [0.15, 0.2) is 5.82 Å². The maximum atomic E-state index is 13.1. The summed E-state index contributed by atoms with van der Waals surface area (Å²) in [5.41, 5.74) is 1.61. The van der Waals surface area contributed by atoms with Gasteiger partial charge in [0.1, 0.15) is 5.69 Å². The monoisotopic (exact) mass is 511 g/mol. The molecule has 1 aromatic carbocycles. The van der Waals surface area contributed by atoms with Gasteiger partial charge in [-0.1, -0.05) is 39.3 Å².